The molecule has 0 saturated heterocycles. The maximum atomic E-state index is 11.8. The van der Waals surface area contributed by atoms with Gasteiger partial charge in [-0.1, -0.05) is 26.0 Å². The number of anilines is 1. The lowest BCUT2D eigenvalue weighted by Gasteiger charge is -2.19. The average Bonchev–Trinajstić information content (AvgIpc) is 2.37. The highest BCUT2D eigenvalue weighted by atomic mass is 32.2. The van der Waals surface area contributed by atoms with Crippen LogP contribution in [-0.4, -0.2) is 41.8 Å². The number of rotatable bonds is 7. The number of nitrogens with zero attached hydrogens (tertiary/aromatic N) is 1. The molecule has 0 fully saturated rings. The van der Waals surface area contributed by atoms with Crippen LogP contribution in [0.4, 0.5) is 5.69 Å². The Morgan fingerprint density at radius 2 is 2.00 bits per heavy atom. The van der Waals surface area contributed by atoms with Crippen LogP contribution in [0.15, 0.2) is 24.3 Å². The summed E-state index contributed by atoms with van der Waals surface area (Å²) in [5.41, 5.74) is 1.90. The van der Waals surface area contributed by atoms with Crippen molar-refractivity contribution >= 4 is 29.3 Å². The summed E-state index contributed by atoms with van der Waals surface area (Å²) in [5, 5.41) is 2.83. The van der Waals surface area contributed by atoms with E-state index in [1.54, 1.807) is 11.9 Å². The summed E-state index contributed by atoms with van der Waals surface area (Å²) in [6, 6.07) is 7.66. The van der Waals surface area contributed by atoms with Crippen molar-refractivity contribution in [2.75, 3.05) is 30.4 Å². The van der Waals surface area contributed by atoms with Gasteiger partial charge in [-0.2, -0.15) is 0 Å². The van der Waals surface area contributed by atoms with Crippen LogP contribution in [0, 0.1) is 12.8 Å². The lowest BCUT2D eigenvalue weighted by atomic mass is 10.2. The molecular weight excluding hydrogens is 284 g/mol. The van der Waals surface area contributed by atoms with E-state index in [1.807, 2.05) is 31.2 Å². The zero-order chi connectivity index (χ0) is 15.8. The predicted molar refractivity (Wildman–Crippen MR) is 89.6 cm³/mol. The van der Waals surface area contributed by atoms with Gasteiger partial charge in [0.25, 0.3) is 0 Å². The summed E-state index contributed by atoms with van der Waals surface area (Å²) in [5.74, 6) is 1.06. The van der Waals surface area contributed by atoms with E-state index in [4.69, 9.17) is 0 Å². The van der Waals surface area contributed by atoms with Gasteiger partial charge in [-0.25, -0.2) is 0 Å². The average molecular weight is 308 g/mol. The van der Waals surface area contributed by atoms with Crippen LogP contribution in [0.2, 0.25) is 0 Å². The van der Waals surface area contributed by atoms with Gasteiger partial charge < -0.3 is 10.2 Å². The SMILES string of the molecule is Cc1cccc(NC(=O)CSCC(=O)N(C)CC(C)C)c1. The minimum atomic E-state index is -0.0788. The second-order valence-corrected chi connectivity index (χ2v) is 6.56. The van der Waals surface area contributed by atoms with Crippen molar-refractivity contribution in [3.8, 4) is 0 Å². The fraction of sp³-hybridized carbons (Fsp3) is 0.500. The third kappa shape index (κ3) is 7.18. The van der Waals surface area contributed by atoms with Gasteiger partial charge in [0.05, 0.1) is 11.5 Å². The molecule has 0 radical (unpaired) electrons. The standard InChI is InChI=1S/C16H24N2O2S/c1-12(2)9-18(4)16(20)11-21-10-15(19)17-14-7-5-6-13(3)8-14/h5-8,12H,9-11H2,1-4H3,(H,17,19). The highest BCUT2D eigenvalue weighted by molar-refractivity contribution is 8.00. The van der Waals surface area contributed by atoms with Crippen LogP contribution in [0.1, 0.15) is 19.4 Å². The van der Waals surface area contributed by atoms with Crippen molar-refractivity contribution in [1.82, 2.24) is 4.90 Å². The molecule has 0 bridgehead atoms. The Labute approximate surface area is 131 Å². The summed E-state index contributed by atoms with van der Waals surface area (Å²) in [6.45, 7) is 6.88. The fourth-order valence-electron chi connectivity index (χ4n) is 1.91. The number of carbonyl (C=O) groups is 2. The summed E-state index contributed by atoms with van der Waals surface area (Å²) < 4.78 is 0. The number of benzene rings is 1. The van der Waals surface area contributed by atoms with Gasteiger partial charge in [-0.3, -0.25) is 9.59 Å². The van der Waals surface area contributed by atoms with Crippen molar-refractivity contribution in [2.24, 2.45) is 5.92 Å². The molecule has 0 aliphatic rings. The molecule has 1 rings (SSSR count). The van der Waals surface area contributed by atoms with E-state index >= 15 is 0 Å². The van der Waals surface area contributed by atoms with Gasteiger partial charge in [0.15, 0.2) is 0 Å². The Hall–Kier alpha value is -1.49. The van der Waals surface area contributed by atoms with Crippen LogP contribution < -0.4 is 5.32 Å². The van der Waals surface area contributed by atoms with Crippen LogP contribution in [0.5, 0.6) is 0 Å². The van der Waals surface area contributed by atoms with Crippen LogP contribution in [0.3, 0.4) is 0 Å². The molecule has 0 aliphatic heterocycles. The fourth-order valence-corrected chi connectivity index (χ4v) is 2.67. The van der Waals surface area contributed by atoms with E-state index in [2.05, 4.69) is 19.2 Å². The molecule has 2 amide bonds. The number of carbonyl (C=O) groups excluding carboxylic acids is 2. The number of hydrogen-bond donors (Lipinski definition) is 1. The summed E-state index contributed by atoms with van der Waals surface area (Å²) in [7, 11) is 1.80. The van der Waals surface area contributed by atoms with E-state index in [-0.39, 0.29) is 17.6 Å². The van der Waals surface area contributed by atoms with Gasteiger partial charge in [0.1, 0.15) is 0 Å². The van der Waals surface area contributed by atoms with Crippen molar-refractivity contribution in [3.05, 3.63) is 29.8 Å². The first kappa shape index (κ1) is 17.6. The quantitative estimate of drug-likeness (QED) is 0.842. The summed E-state index contributed by atoms with van der Waals surface area (Å²) in [4.78, 5) is 25.4. The Morgan fingerprint density at radius 1 is 1.29 bits per heavy atom. The lowest BCUT2D eigenvalue weighted by Crippen LogP contribution is -2.32. The smallest absolute Gasteiger partial charge is 0.234 e. The van der Waals surface area contributed by atoms with Crippen LogP contribution in [0.25, 0.3) is 0 Å². The first-order chi connectivity index (χ1) is 9.88. The molecule has 0 spiro atoms. The van der Waals surface area contributed by atoms with Gasteiger partial charge in [0, 0.05) is 19.3 Å². The normalized spacial score (nSPS) is 10.5. The largest absolute Gasteiger partial charge is 0.345 e. The molecule has 0 aromatic heterocycles. The summed E-state index contributed by atoms with van der Waals surface area (Å²) in [6.07, 6.45) is 0. The topological polar surface area (TPSA) is 49.4 Å². The zero-order valence-corrected chi connectivity index (χ0v) is 14.0. The van der Waals surface area contributed by atoms with Crippen molar-refractivity contribution < 1.29 is 9.59 Å². The third-order valence-electron chi connectivity index (χ3n) is 2.83. The second-order valence-electron chi connectivity index (χ2n) is 5.58. The summed E-state index contributed by atoms with van der Waals surface area (Å²) >= 11 is 1.35. The Balaban J connectivity index is 2.29. The first-order valence-electron chi connectivity index (χ1n) is 7.06. The van der Waals surface area contributed by atoms with E-state index in [0.717, 1.165) is 17.8 Å². The molecule has 0 unspecified atom stereocenters. The second kappa shape index (κ2) is 8.72. The molecule has 1 aromatic carbocycles. The van der Waals surface area contributed by atoms with Gasteiger partial charge in [-0.15, -0.1) is 11.8 Å². The molecule has 1 N–H and O–H groups in total. The van der Waals surface area contributed by atoms with Crippen LogP contribution >= 0.6 is 11.8 Å². The Bertz CT molecular complexity index is 489. The highest BCUT2D eigenvalue weighted by Crippen LogP contribution is 2.11. The highest BCUT2D eigenvalue weighted by Gasteiger charge is 2.11. The Morgan fingerprint density at radius 3 is 2.62 bits per heavy atom. The maximum Gasteiger partial charge on any atom is 0.234 e. The van der Waals surface area contributed by atoms with E-state index in [9.17, 15) is 9.59 Å². The number of nitrogens with one attached hydrogen (secondary N) is 1. The molecule has 5 heteroatoms. The predicted octanol–water partition coefficient (Wildman–Crippen LogP) is 2.78. The monoisotopic (exact) mass is 308 g/mol. The molecule has 21 heavy (non-hydrogen) atoms. The van der Waals surface area contributed by atoms with Crippen molar-refractivity contribution in [2.45, 2.75) is 20.8 Å². The molecule has 116 valence electrons. The first-order valence-corrected chi connectivity index (χ1v) is 8.22. The van der Waals surface area contributed by atoms with E-state index in [0.29, 0.717) is 11.7 Å². The lowest BCUT2D eigenvalue weighted by molar-refractivity contribution is -0.127. The molecule has 4 nitrogen and oxygen atoms in total. The van der Waals surface area contributed by atoms with E-state index < -0.39 is 0 Å². The van der Waals surface area contributed by atoms with Crippen molar-refractivity contribution in [3.63, 3.8) is 0 Å². The third-order valence-corrected chi connectivity index (χ3v) is 3.74. The Kier molecular flexibility index (Phi) is 7.29. The van der Waals surface area contributed by atoms with Gasteiger partial charge in [-0.05, 0) is 30.5 Å². The number of hydrogen-bond acceptors (Lipinski definition) is 3. The molecule has 1 aromatic rings. The molecular formula is C16H24N2O2S. The zero-order valence-electron chi connectivity index (χ0n) is 13.2. The molecule has 0 atom stereocenters. The number of thioether (sulfide) groups is 1. The molecule has 0 saturated carbocycles. The molecule has 0 aliphatic carbocycles. The van der Waals surface area contributed by atoms with Crippen molar-refractivity contribution in [1.29, 1.82) is 0 Å². The minimum absolute atomic E-state index is 0.0667. The van der Waals surface area contributed by atoms with Crippen LogP contribution in [-0.2, 0) is 9.59 Å². The maximum absolute atomic E-state index is 11.8. The van der Waals surface area contributed by atoms with E-state index in [1.165, 1.54) is 11.8 Å². The number of amides is 2. The van der Waals surface area contributed by atoms with Gasteiger partial charge >= 0.3 is 0 Å². The number of aryl methyl sites for hydroxylation is 1. The minimum Gasteiger partial charge on any atom is -0.345 e. The van der Waals surface area contributed by atoms with Gasteiger partial charge in [0.2, 0.25) is 11.8 Å². The molecule has 0 heterocycles.